The Kier molecular flexibility index (Phi) is 6.23. The Balaban J connectivity index is 1.30. The highest BCUT2D eigenvalue weighted by Crippen LogP contribution is 2.30. The number of carbonyl (C=O) groups excluding carboxylic acids is 2. The summed E-state index contributed by atoms with van der Waals surface area (Å²) in [5.41, 5.74) is 1.44. The molecular formula is C22H26FN3O2S. The number of nitrogens with zero attached hydrogens (tertiary/aromatic N) is 2. The Labute approximate surface area is 174 Å². The molecule has 1 saturated carbocycles. The van der Waals surface area contributed by atoms with Crippen LogP contribution in [-0.4, -0.2) is 41.3 Å². The van der Waals surface area contributed by atoms with Crippen LogP contribution in [0.2, 0.25) is 0 Å². The van der Waals surface area contributed by atoms with E-state index in [9.17, 15) is 14.0 Å². The van der Waals surface area contributed by atoms with Crippen LogP contribution in [0.4, 0.5) is 4.39 Å². The molecule has 2 fully saturated rings. The van der Waals surface area contributed by atoms with Crippen LogP contribution in [0.3, 0.4) is 0 Å². The zero-order chi connectivity index (χ0) is 20.2. The average molecular weight is 416 g/mol. The van der Waals surface area contributed by atoms with Gasteiger partial charge in [-0.25, -0.2) is 9.37 Å². The van der Waals surface area contributed by atoms with Crippen LogP contribution in [-0.2, 0) is 22.4 Å². The van der Waals surface area contributed by atoms with Crippen LogP contribution in [0.5, 0.6) is 0 Å². The molecule has 1 atom stereocenters. The third kappa shape index (κ3) is 5.21. The van der Waals surface area contributed by atoms with E-state index in [-0.39, 0.29) is 35.9 Å². The van der Waals surface area contributed by atoms with Crippen LogP contribution in [0.25, 0.3) is 0 Å². The molecule has 2 aliphatic rings. The van der Waals surface area contributed by atoms with Gasteiger partial charge in [0.15, 0.2) is 0 Å². The van der Waals surface area contributed by atoms with Crippen molar-refractivity contribution < 1.29 is 14.0 Å². The number of rotatable bonds is 7. The lowest BCUT2D eigenvalue weighted by Crippen LogP contribution is -2.40. The number of nitrogens with one attached hydrogen (secondary N) is 1. The molecule has 1 saturated heterocycles. The predicted molar refractivity (Wildman–Crippen MR) is 110 cm³/mol. The highest BCUT2D eigenvalue weighted by molar-refractivity contribution is 7.09. The lowest BCUT2D eigenvalue weighted by atomic mass is 9.98. The number of carbonyl (C=O) groups is 2. The normalized spacial score (nSPS) is 19.2. The summed E-state index contributed by atoms with van der Waals surface area (Å²) in [7, 11) is 0. The van der Waals surface area contributed by atoms with E-state index in [0.717, 1.165) is 49.4 Å². The van der Waals surface area contributed by atoms with Gasteiger partial charge in [0.1, 0.15) is 5.82 Å². The molecule has 0 spiro atoms. The van der Waals surface area contributed by atoms with Gasteiger partial charge in [-0.1, -0.05) is 18.2 Å². The van der Waals surface area contributed by atoms with Gasteiger partial charge in [-0.3, -0.25) is 9.59 Å². The van der Waals surface area contributed by atoms with E-state index in [1.165, 1.54) is 6.07 Å². The van der Waals surface area contributed by atoms with Crippen molar-refractivity contribution >= 4 is 23.2 Å². The van der Waals surface area contributed by atoms with Gasteiger partial charge in [-0.2, -0.15) is 0 Å². The maximum Gasteiger partial charge on any atom is 0.227 e. The molecule has 2 aromatic rings. The van der Waals surface area contributed by atoms with Crippen molar-refractivity contribution in [3.05, 3.63) is 51.7 Å². The molecule has 0 unspecified atom stereocenters. The second-order valence-electron chi connectivity index (χ2n) is 7.94. The van der Waals surface area contributed by atoms with E-state index in [4.69, 9.17) is 4.98 Å². The first kappa shape index (κ1) is 20.0. The number of piperidine rings is 1. The van der Waals surface area contributed by atoms with E-state index >= 15 is 0 Å². The second-order valence-corrected chi connectivity index (χ2v) is 8.83. The lowest BCUT2D eigenvalue weighted by Gasteiger charge is -2.32. The molecule has 1 aliphatic carbocycles. The van der Waals surface area contributed by atoms with E-state index in [2.05, 4.69) is 10.7 Å². The number of thiazole rings is 1. The Hall–Kier alpha value is -2.28. The Bertz CT molecular complexity index is 880. The number of hydrogen-bond donors (Lipinski definition) is 1. The SMILES string of the molecule is O=C(NCCc1csc([C@H]2CCCN(C(=O)Cc3ccccc3F)C2)n1)C1CC1. The molecule has 1 aromatic heterocycles. The maximum atomic E-state index is 13.9. The highest BCUT2D eigenvalue weighted by atomic mass is 32.1. The molecule has 4 rings (SSSR count). The summed E-state index contributed by atoms with van der Waals surface area (Å²) >= 11 is 1.63. The summed E-state index contributed by atoms with van der Waals surface area (Å²) in [4.78, 5) is 31.0. The van der Waals surface area contributed by atoms with Crippen molar-refractivity contribution in [2.24, 2.45) is 5.92 Å². The molecular weight excluding hydrogens is 389 g/mol. The monoisotopic (exact) mass is 415 g/mol. The Morgan fingerprint density at radius 3 is 2.86 bits per heavy atom. The molecule has 5 nitrogen and oxygen atoms in total. The minimum Gasteiger partial charge on any atom is -0.355 e. The summed E-state index contributed by atoms with van der Waals surface area (Å²) in [5.74, 6) is 0.271. The molecule has 154 valence electrons. The van der Waals surface area contributed by atoms with Crippen molar-refractivity contribution in [3.8, 4) is 0 Å². The number of likely N-dealkylation sites (tertiary alicyclic amines) is 1. The van der Waals surface area contributed by atoms with E-state index in [1.54, 1.807) is 29.5 Å². The quantitative estimate of drug-likeness (QED) is 0.755. The summed E-state index contributed by atoms with van der Waals surface area (Å²) in [6.45, 7) is 1.98. The van der Waals surface area contributed by atoms with Crippen molar-refractivity contribution in [1.29, 1.82) is 0 Å². The van der Waals surface area contributed by atoms with Crippen molar-refractivity contribution in [1.82, 2.24) is 15.2 Å². The van der Waals surface area contributed by atoms with Gasteiger partial charge in [0, 0.05) is 43.3 Å². The third-order valence-electron chi connectivity index (χ3n) is 5.62. The zero-order valence-corrected chi connectivity index (χ0v) is 17.2. The number of hydrogen-bond acceptors (Lipinski definition) is 4. The lowest BCUT2D eigenvalue weighted by molar-refractivity contribution is -0.131. The summed E-state index contributed by atoms with van der Waals surface area (Å²) in [5, 5.41) is 6.08. The van der Waals surface area contributed by atoms with E-state index < -0.39 is 0 Å². The summed E-state index contributed by atoms with van der Waals surface area (Å²) in [6.07, 6.45) is 4.80. The molecule has 1 aliphatic heterocycles. The molecule has 1 aromatic carbocycles. The van der Waals surface area contributed by atoms with E-state index in [0.29, 0.717) is 18.7 Å². The number of benzene rings is 1. The molecule has 0 bridgehead atoms. The van der Waals surface area contributed by atoms with Crippen molar-refractivity contribution in [3.63, 3.8) is 0 Å². The van der Waals surface area contributed by atoms with Gasteiger partial charge < -0.3 is 10.2 Å². The third-order valence-corrected chi connectivity index (χ3v) is 6.68. The fraction of sp³-hybridized carbons (Fsp3) is 0.500. The molecule has 7 heteroatoms. The topological polar surface area (TPSA) is 62.3 Å². The van der Waals surface area contributed by atoms with Gasteiger partial charge in [0.25, 0.3) is 0 Å². The predicted octanol–water partition coefficient (Wildman–Crippen LogP) is 3.30. The smallest absolute Gasteiger partial charge is 0.227 e. The standard InChI is InChI=1S/C22H26FN3O2S/c23-19-6-2-1-4-16(19)12-20(27)26-11-3-5-17(13-26)22-25-18(14-29-22)9-10-24-21(28)15-7-8-15/h1-2,4,6,14-15,17H,3,5,7-13H2,(H,24,28)/t17-/m0/s1. The maximum absolute atomic E-state index is 13.9. The number of halogens is 1. The van der Waals surface area contributed by atoms with Gasteiger partial charge >= 0.3 is 0 Å². The van der Waals surface area contributed by atoms with Gasteiger partial charge in [-0.15, -0.1) is 11.3 Å². The van der Waals surface area contributed by atoms with Crippen LogP contribution in [0, 0.1) is 11.7 Å². The molecule has 0 radical (unpaired) electrons. The van der Waals surface area contributed by atoms with Gasteiger partial charge in [0.05, 0.1) is 17.1 Å². The van der Waals surface area contributed by atoms with Crippen LogP contribution in [0.1, 0.15) is 47.9 Å². The minimum absolute atomic E-state index is 0.0284. The zero-order valence-electron chi connectivity index (χ0n) is 16.4. The van der Waals surface area contributed by atoms with E-state index in [1.807, 2.05) is 4.90 Å². The number of amides is 2. The molecule has 2 heterocycles. The number of aromatic nitrogens is 1. The molecule has 2 amide bonds. The summed E-state index contributed by atoms with van der Waals surface area (Å²) in [6, 6.07) is 6.46. The first-order valence-electron chi connectivity index (χ1n) is 10.3. The largest absolute Gasteiger partial charge is 0.355 e. The highest BCUT2D eigenvalue weighted by Gasteiger charge is 2.29. The molecule has 1 N–H and O–H groups in total. The van der Waals surface area contributed by atoms with Crippen molar-refractivity contribution in [2.45, 2.75) is 44.4 Å². The Morgan fingerprint density at radius 1 is 1.24 bits per heavy atom. The summed E-state index contributed by atoms with van der Waals surface area (Å²) < 4.78 is 13.9. The molecule has 29 heavy (non-hydrogen) atoms. The van der Waals surface area contributed by atoms with Gasteiger partial charge in [0.2, 0.25) is 11.8 Å². The van der Waals surface area contributed by atoms with Crippen molar-refractivity contribution in [2.75, 3.05) is 19.6 Å². The fourth-order valence-electron chi connectivity index (χ4n) is 3.75. The van der Waals surface area contributed by atoms with Crippen LogP contribution >= 0.6 is 11.3 Å². The Morgan fingerprint density at radius 2 is 2.07 bits per heavy atom. The fourth-order valence-corrected chi connectivity index (χ4v) is 4.73. The first-order chi connectivity index (χ1) is 14.1. The second kappa shape index (κ2) is 9.03. The minimum atomic E-state index is -0.326. The van der Waals surface area contributed by atoms with Gasteiger partial charge in [-0.05, 0) is 37.3 Å². The first-order valence-corrected chi connectivity index (χ1v) is 11.2. The van der Waals surface area contributed by atoms with Crippen LogP contribution in [0.15, 0.2) is 29.6 Å². The average Bonchev–Trinajstić information content (AvgIpc) is 3.48. The van der Waals surface area contributed by atoms with Crippen LogP contribution < -0.4 is 5.32 Å².